The summed E-state index contributed by atoms with van der Waals surface area (Å²) in [6.45, 7) is 9.46. The molecule has 2 aromatic carbocycles. The SMILES string of the molecule is Cc1nc(Cn2ccn([C@H](C(=O)N[C@@H](Cc3ccccc3)[C@H](O)CN(CC(C)C)S(=O)(=O)c3ccc(/C=N/O)cc3)C(C)C)c2=O)cs1. The molecule has 3 N–H and O–H groups in total. The molecule has 14 heteroatoms. The predicted molar refractivity (Wildman–Crippen MR) is 186 cm³/mol. The van der Waals surface area contributed by atoms with E-state index in [2.05, 4.69) is 15.5 Å². The number of hydrogen-bond acceptors (Lipinski definition) is 9. The molecule has 3 atom stereocenters. The first-order valence-electron chi connectivity index (χ1n) is 15.8. The summed E-state index contributed by atoms with van der Waals surface area (Å²) in [7, 11) is -4.06. The monoisotopic (exact) mass is 696 g/mol. The molecule has 2 heterocycles. The van der Waals surface area contributed by atoms with Crippen LogP contribution in [-0.2, 0) is 27.8 Å². The van der Waals surface area contributed by atoms with Gasteiger partial charge < -0.3 is 15.6 Å². The molecule has 0 saturated carbocycles. The number of nitrogens with zero attached hydrogens (tertiary/aromatic N) is 5. The molecule has 2 aromatic heterocycles. The molecule has 0 aliphatic heterocycles. The number of imidazole rings is 1. The molecule has 12 nitrogen and oxygen atoms in total. The molecular weight excluding hydrogens is 653 g/mol. The Hall–Kier alpha value is -4.11. The maximum absolute atomic E-state index is 14.0. The number of nitrogens with one attached hydrogen (secondary N) is 1. The second kappa shape index (κ2) is 16.3. The van der Waals surface area contributed by atoms with Crippen molar-refractivity contribution in [1.29, 1.82) is 0 Å². The van der Waals surface area contributed by atoms with Gasteiger partial charge in [-0.25, -0.2) is 18.2 Å². The Kier molecular flexibility index (Phi) is 12.5. The van der Waals surface area contributed by atoms with Crippen LogP contribution < -0.4 is 11.0 Å². The number of carbonyl (C=O) groups is 1. The highest BCUT2D eigenvalue weighted by atomic mass is 32.2. The molecule has 48 heavy (non-hydrogen) atoms. The van der Waals surface area contributed by atoms with Gasteiger partial charge in [0.15, 0.2) is 0 Å². The van der Waals surface area contributed by atoms with Crippen LogP contribution in [0.4, 0.5) is 0 Å². The lowest BCUT2D eigenvalue weighted by Gasteiger charge is -2.32. The molecule has 4 aromatic rings. The average Bonchev–Trinajstić information content (AvgIpc) is 3.61. The van der Waals surface area contributed by atoms with E-state index in [1.54, 1.807) is 12.4 Å². The van der Waals surface area contributed by atoms with Crippen molar-refractivity contribution in [3.8, 4) is 0 Å². The van der Waals surface area contributed by atoms with Gasteiger partial charge in [-0.05, 0) is 48.4 Å². The van der Waals surface area contributed by atoms with Crippen LogP contribution in [0.5, 0.6) is 0 Å². The van der Waals surface area contributed by atoms with E-state index in [-0.39, 0.29) is 48.5 Å². The number of aryl methyl sites for hydroxylation is 1. The fourth-order valence-electron chi connectivity index (χ4n) is 5.54. The maximum atomic E-state index is 14.0. The van der Waals surface area contributed by atoms with Crippen LogP contribution >= 0.6 is 11.3 Å². The summed E-state index contributed by atoms with van der Waals surface area (Å²) >= 11 is 1.50. The van der Waals surface area contributed by atoms with Crippen molar-refractivity contribution in [2.45, 2.75) is 70.7 Å². The Morgan fingerprint density at radius 2 is 1.75 bits per heavy atom. The summed E-state index contributed by atoms with van der Waals surface area (Å²) in [6, 6.07) is 13.4. The van der Waals surface area contributed by atoms with Crippen molar-refractivity contribution in [1.82, 2.24) is 23.7 Å². The number of oxime groups is 1. The summed E-state index contributed by atoms with van der Waals surface area (Å²) in [5.41, 5.74) is 1.75. The standard InChI is InChI=1S/C34H44N6O6S2/c1-23(2)19-39(48(45,46)29-13-11-27(12-14-29)18-35-44)21-31(41)30(17-26-9-7-6-8-10-26)37-33(42)32(24(3)4)40-16-15-38(34(40)43)20-28-22-47-25(5)36-28/h6-16,18,22-24,30-32,41,44H,17,19-21H2,1-5H3,(H,37,42)/b35-18+/t30-,31+,32-/m0/s1. The zero-order chi connectivity index (χ0) is 35.0. The molecule has 0 unspecified atom stereocenters. The lowest BCUT2D eigenvalue weighted by atomic mass is 9.98. The van der Waals surface area contributed by atoms with Crippen LogP contribution in [0.25, 0.3) is 0 Å². The number of aliphatic hydroxyl groups is 1. The van der Waals surface area contributed by atoms with Gasteiger partial charge in [-0.3, -0.25) is 13.9 Å². The molecule has 0 radical (unpaired) electrons. The first-order chi connectivity index (χ1) is 22.8. The average molecular weight is 697 g/mol. The van der Waals surface area contributed by atoms with Gasteiger partial charge in [-0.15, -0.1) is 11.3 Å². The Labute approximate surface area is 285 Å². The smallest absolute Gasteiger partial charge is 0.329 e. The molecule has 0 aliphatic rings. The highest BCUT2D eigenvalue weighted by Gasteiger charge is 2.34. The molecule has 0 spiro atoms. The number of amides is 1. The predicted octanol–water partition coefficient (Wildman–Crippen LogP) is 3.90. The second-order valence-electron chi connectivity index (χ2n) is 12.6. The maximum Gasteiger partial charge on any atom is 0.329 e. The Morgan fingerprint density at radius 3 is 2.33 bits per heavy atom. The number of aromatic nitrogens is 3. The van der Waals surface area contributed by atoms with Gasteiger partial charge in [0.25, 0.3) is 0 Å². The van der Waals surface area contributed by atoms with E-state index in [9.17, 15) is 23.1 Å². The van der Waals surface area contributed by atoms with E-state index >= 15 is 0 Å². The minimum Gasteiger partial charge on any atom is -0.411 e. The number of sulfonamides is 1. The third-order valence-corrected chi connectivity index (χ3v) is 10.5. The van der Waals surface area contributed by atoms with E-state index in [1.807, 2.05) is 70.3 Å². The summed E-state index contributed by atoms with van der Waals surface area (Å²) in [4.78, 5) is 31.9. The van der Waals surface area contributed by atoms with Gasteiger partial charge in [0.1, 0.15) is 6.04 Å². The van der Waals surface area contributed by atoms with Crippen LogP contribution in [0.2, 0.25) is 0 Å². The van der Waals surface area contributed by atoms with Gasteiger partial charge in [0, 0.05) is 30.9 Å². The molecule has 1 amide bonds. The Morgan fingerprint density at radius 1 is 1.06 bits per heavy atom. The molecule has 0 bridgehead atoms. The van der Waals surface area contributed by atoms with Gasteiger partial charge in [0.2, 0.25) is 15.9 Å². The molecule has 4 rings (SSSR count). The van der Waals surface area contributed by atoms with Crippen molar-refractivity contribution in [3.05, 3.63) is 105 Å². The van der Waals surface area contributed by atoms with Crippen molar-refractivity contribution in [2.24, 2.45) is 17.0 Å². The van der Waals surface area contributed by atoms with Crippen LogP contribution in [-0.4, -0.2) is 74.5 Å². The topological polar surface area (TPSA) is 159 Å². The second-order valence-corrected chi connectivity index (χ2v) is 15.6. The zero-order valence-corrected chi connectivity index (χ0v) is 29.4. The van der Waals surface area contributed by atoms with Gasteiger partial charge in [-0.2, -0.15) is 4.31 Å². The van der Waals surface area contributed by atoms with Gasteiger partial charge >= 0.3 is 5.69 Å². The third-order valence-electron chi connectivity index (χ3n) is 7.85. The van der Waals surface area contributed by atoms with Crippen LogP contribution in [0.15, 0.2) is 87.2 Å². The number of thiazole rings is 1. The summed E-state index contributed by atoms with van der Waals surface area (Å²) in [5, 5.41) is 29.3. The molecule has 258 valence electrons. The highest BCUT2D eigenvalue weighted by molar-refractivity contribution is 7.89. The summed E-state index contributed by atoms with van der Waals surface area (Å²) in [6.07, 6.45) is 3.34. The third kappa shape index (κ3) is 9.28. The minimum absolute atomic E-state index is 0.0191. The van der Waals surface area contributed by atoms with E-state index in [0.29, 0.717) is 5.56 Å². The highest BCUT2D eigenvalue weighted by Crippen LogP contribution is 2.22. The van der Waals surface area contributed by atoms with Gasteiger partial charge in [-0.1, -0.05) is 75.3 Å². The normalized spacial score (nSPS) is 14.2. The van der Waals surface area contributed by atoms with Gasteiger partial charge in [0.05, 0.1) is 40.5 Å². The number of carbonyl (C=O) groups excluding carboxylic acids is 1. The fraction of sp³-hybridized carbons (Fsp3) is 0.412. The summed E-state index contributed by atoms with van der Waals surface area (Å²) < 4.78 is 31.8. The van der Waals surface area contributed by atoms with E-state index < -0.39 is 34.1 Å². The van der Waals surface area contributed by atoms with Crippen molar-refractivity contribution >= 4 is 33.5 Å². The molecule has 0 saturated heterocycles. The van der Waals surface area contributed by atoms with Crippen LogP contribution in [0.3, 0.4) is 0 Å². The quantitative estimate of drug-likeness (QED) is 0.0911. The van der Waals surface area contributed by atoms with Crippen molar-refractivity contribution in [3.63, 3.8) is 0 Å². The van der Waals surface area contributed by atoms with Crippen molar-refractivity contribution < 1.29 is 23.5 Å². The first-order valence-corrected chi connectivity index (χ1v) is 18.1. The fourth-order valence-corrected chi connectivity index (χ4v) is 7.77. The van der Waals surface area contributed by atoms with E-state index in [0.717, 1.165) is 16.3 Å². The van der Waals surface area contributed by atoms with Crippen LogP contribution in [0.1, 0.15) is 55.6 Å². The lowest BCUT2D eigenvalue weighted by molar-refractivity contribution is -0.127. The molecule has 0 fully saturated rings. The zero-order valence-electron chi connectivity index (χ0n) is 27.8. The molecule has 0 aliphatic carbocycles. The largest absolute Gasteiger partial charge is 0.411 e. The van der Waals surface area contributed by atoms with Crippen LogP contribution in [0, 0.1) is 18.8 Å². The van der Waals surface area contributed by atoms with E-state index in [1.165, 1.54) is 55.3 Å². The van der Waals surface area contributed by atoms with E-state index in [4.69, 9.17) is 5.21 Å². The number of rotatable bonds is 16. The Bertz CT molecular complexity index is 1830. The summed E-state index contributed by atoms with van der Waals surface area (Å²) in [5.74, 6) is -0.815. The first kappa shape index (κ1) is 36.7. The Balaban J connectivity index is 1.62. The number of hydrogen-bond donors (Lipinski definition) is 3. The lowest BCUT2D eigenvalue weighted by Crippen LogP contribution is -2.53. The number of benzene rings is 2. The number of aliphatic hydroxyl groups excluding tert-OH is 1. The molecular formula is C34H44N6O6S2. The van der Waals surface area contributed by atoms with Crippen molar-refractivity contribution in [2.75, 3.05) is 13.1 Å². The minimum atomic E-state index is -4.06.